The van der Waals surface area contributed by atoms with Gasteiger partial charge in [0.1, 0.15) is 13.2 Å². The summed E-state index contributed by atoms with van der Waals surface area (Å²) in [6.45, 7) is 6.47. The van der Waals surface area contributed by atoms with Gasteiger partial charge in [-0.3, -0.25) is 14.4 Å². The Morgan fingerprint density at radius 1 is 0.300 bits per heavy atom. The summed E-state index contributed by atoms with van der Waals surface area (Å²) < 4.78 is 16.7. The Bertz CT molecular complexity index is 1260. The molecule has 1 atom stereocenters. The summed E-state index contributed by atoms with van der Waals surface area (Å²) in [5.74, 6) is -0.948. The van der Waals surface area contributed by atoms with Gasteiger partial charge in [0.15, 0.2) is 6.10 Å². The van der Waals surface area contributed by atoms with E-state index in [-0.39, 0.29) is 37.5 Å². The van der Waals surface area contributed by atoms with Gasteiger partial charge in [-0.2, -0.15) is 0 Å². The molecular weight excluding hydrogens is 865 g/mol. The third-order valence-electron chi connectivity index (χ3n) is 13.3. The predicted octanol–water partition coefficient (Wildman–Crippen LogP) is 20.4. The van der Waals surface area contributed by atoms with E-state index >= 15 is 0 Å². The van der Waals surface area contributed by atoms with Gasteiger partial charge in [0.05, 0.1) is 0 Å². The van der Waals surface area contributed by atoms with Crippen LogP contribution in [-0.2, 0) is 28.6 Å². The van der Waals surface area contributed by atoms with E-state index in [9.17, 15) is 14.4 Å². The number of carbonyl (C=O) groups excluding carboxylic acids is 3. The fraction of sp³-hybridized carbons (Fsp3) is 0.797. The summed E-state index contributed by atoms with van der Waals surface area (Å²) >= 11 is 0. The lowest BCUT2D eigenvalue weighted by molar-refractivity contribution is -0.167. The number of hydrogen-bond donors (Lipinski definition) is 0. The minimum absolute atomic E-state index is 0.0937. The van der Waals surface area contributed by atoms with Crippen LogP contribution in [0.25, 0.3) is 0 Å². The lowest BCUT2D eigenvalue weighted by Crippen LogP contribution is -2.30. The van der Waals surface area contributed by atoms with Gasteiger partial charge < -0.3 is 14.2 Å². The summed E-state index contributed by atoms with van der Waals surface area (Å²) in [4.78, 5) is 37.9. The Hall–Kier alpha value is -2.89. The van der Waals surface area contributed by atoms with Crippen molar-refractivity contribution < 1.29 is 28.6 Å². The van der Waals surface area contributed by atoms with E-state index in [1.54, 1.807) is 0 Å². The number of ether oxygens (including phenoxy) is 3. The van der Waals surface area contributed by atoms with Gasteiger partial charge in [-0.25, -0.2) is 0 Å². The number of unbranched alkanes of at least 4 members (excludes halogenated alkanes) is 34. The Morgan fingerprint density at radius 3 is 0.857 bits per heavy atom. The predicted molar refractivity (Wildman–Crippen MR) is 302 cm³/mol. The lowest BCUT2D eigenvalue weighted by Gasteiger charge is -2.18. The fourth-order valence-corrected chi connectivity index (χ4v) is 8.78. The molecule has 0 N–H and O–H groups in total. The average molecular weight is 980 g/mol. The molecule has 0 saturated heterocycles. The molecule has 0 rings (SSSR count). The van der Waals surface area contributed by atoms with Gasteiger partial charge in [0.25, 0.3) is 0 Å². The zero-order valence-electron chi connectivity index (χ0n) is 46.5. The molecule has 0 saturated carbocycles. The van der Waals surface area contributed by atoms with Crippen molar-refractivity contribution in [3.63, 3.8) is 0 Å². The van der Waals surface area contributed by atoms with E-state index in [0.717, 1.165) is 77.0 Å². The molecule has 70 heavy (non-hydrogen) atoms. The zero-order chi connectivity index (χ0) is 50.7. The normalized spacial score (nSPS) is 12.4. The Balaban J connectivity index is 4.11. The van der Waals surface area contributed by atoms with E-state index in [4.69, 9.17) is 14.2 Å². The molecule has 0 fully saturated rings. The molecule has 0 radical (unpaired) electrons. The zero-order valence-corrected chi connectivity index (χ0v) is 46.5. The molecular formula is C64H114O6. The summed E-state index contributed by atoms with van der Waals surface area (Å²) in [6, 6.07) is 0. The van der Waals surface area contributed by atoms with Crippen LogP contribution >= 0.6 is 0 Å². The van der Waals surface area contributed by atoms with Crippen molar-refractivity contribution in [3.8, 4) is 0 Å². The maximum Gasteiger partial charge on any atom is 0.306 e. The monoisotopic (exact) mass is 979 g/mol. The first-order valence-electron chi connectivity index (χ1n) is 30.3. The van der Waals surface area contributed by atoms with Gasteiger partial charge >= 0.3 is 17.9 Å². The van der Waals surface area contributed by atoms with E-state index in [0.29, 0.717) is 19.3 Å². The highest BCUT2D eigenvalue weighted by molar-refractivity contribution is 5.71. The summed E-state index contributed by atoms with van der Waals surface area (Å²) in [6.07, 6.45) is 74.2. The maximum atomic E-state index is 12.8. The summed E-state index contributed by atoms with van der Waals surface area (Å²) in [5.41, 5.74) is 0. The second-order valence-corrected chi connectivity index (χ2v) is 20.2. The molecule has 0 aliphatic heterocycles. The second kappa shape index (κ2) is 58.7. The third-order valence-corrected chi connectivity index (χ3v) is 13.3. The van der Waals surface area contributed by atoms with E-state index < -0.39 is 6.10 Å². The highest BCUT2D eigenvalue weighted by Gasteiger charge is 2.19. The van der Waals surface area contributed by atoms with Crippen molar-refractivity contribution in [2.45, 2.75) is 316 Å². The molecule has 0 spiro atoms. The highest BCUT2D eigenvalue weighted by atomic mass is 16.6. The first kappa shape index (κ1) is 67.1. The van der Waals surface area contributed by atoms with Crippen LogP contribution < -0.4 is 0 Å². The average Bonchev–Trinajstić information content (AvgIpc) is 3.36. The van der Waals surface area contributed by atoms with Crippen molar-refractivity contribution in [1.82, 2.24) is 0 Å². The second-order valence-electron chi connectivity index (χ2n) is 20.2. The molecule has 0 aromatic rings. The van der Waals surface area contributed by atoms with Crippen LogP contribution in [0, 0.1) is 0 Å². The molecule has 0 aliphatic rings. The number of rotatable bonds is 55. The molecule has 0 aromatic heterocycles. The molecule has 0 heterocycles. The number of allylic oxidation sites excluding steroid dienone is 10. The number of hydrogen-bond acceptors (Lipinski definition) is 6. The van der Waals surface area contributed by atoms with Crippen LogP contribution in [0.15, 0.2) is 60.8 Å². The van der Waals surface area contributed by atoms with Gasteiger partial charge in [-0.05, 0) is 57.8 Å². The summed E-state index contributed by atoms with van der Waals surface area (Å²) in [5, 5.41) is 0. The molecule has 0 aliphatic carbocycles. The van der Waals surface area contributed by atoms with Crippen LogP contribution in [0.5, 0.6) is 0 Å². The molecule has 1 unspecified atom stereocenters. The first-order valence-corrected chi connectivity index (χ1v) is 30.3. The Morgan fingerprint density at radius 2 is 0.557 bits per heavy atom. The SMILES string of the molecule is CC/C=C\C/C=C\C/C=C\C/C=C\C/C=C\CCCC(=O)OC(COC(=O)CCCCCCCCC)COC(=O)CCCCCCCCCCCCCCCCCCCCCCCCCCCCCC. The smallest absolute Gasteiger partial charge is 0.306 e. The Labute approximate surface area is 434 Å². The van der Waals surface area contributed by atoms with Crippen molar-refractivity contribution in [2.75, 3.05) is 13.2 Å². The largest absolute Gasteiger partial charge is 0.462 e. The van der Waals surface area contributed by atoms with Crippen molar-refractivity contribution in [1.29, 1.82) is 0 Å². The topological polar surface area (TPSA) is 78.9 Å². The number of esters is 3. The van der Waals surface area contributed by atoms with Gasteiger partial charge in [-0.1, -0.05) is 293 Å². The molecule has 0 amide bonds. The van der Waals surface area contributed by atoms with Gasteiger partial charge in [0.2, 0.25) is 0 Å². The quantitative estimate of drug-likeness (QED) is 0.0261. The van der Waals surface area contributed by atoms with Crippen molar-refractivity contribution in [3.05, 3.63) is 60.8 Å². The molecule has 0 bridgehead atoms. The van der Waals surface area contributed by atoms with Crippen LogP contribution in [0.1, 0.15) is 310 Å². The van der Waals surface area contributed by atoms with Crippen LogP contribution in [0.2, 0.25) is 0 Å². The van der Waals surface area contributed by atoms with Crippen molar-refractivity contribution >= 4 is 17.9 Å². The Kier molecular flexibility index (Phi) is 56.3. The minimum Gasteiger partial charge on any atom is -0.462 e. The molecule has 6 heteroatoms. The lowest BCUT2D eigenvalue weighted by atomic mass is 10.0. The van der Waals surface area contributed by atoms with Gasteiger partial charge in [-0.15, -0.1) is 0 Å². The van der Waals surface area contributed by atoms with Crippen molar-refractivity contribution in [2.24, 2.45) is 0 Å². The molecule has 0 aromatic carbocycles. The highest BCUT2D eigenvalue weighted by Crippen LogP contribution is 2.17. The van der Waals surface area contributed by atoms with E-state index in [1.165, 1.54) is 186 Å². The number of carbonyl (C=O) groups is 3. The first-order chi connectivity index (χ1) is 34.5. The van der Waals surface area contributed by atoms with E-state index in [2.05, 4.69) is 81.5 Å². The van der Waals surface area contributed by atoms with Gasteiger partial charge in [0, 0.05) is 19.3 Å². The standard InChI is InChI=1S/C64H114O6/c1-4-7-10-13-16-18-20-22-24-26-27-28-29-30-31-32-33-34-35-36-38-39-41-43-45-48-51-54-57-63(66)69-60-61(59-68-62(65)56-53-50-47-15-12-9-6-3)70-64(67)58-55-52-49-46-44-42-40-37-25-23-21-19-17-14-11-8-5-2/h8,11,17,19,23,25,40,42,46,49,61H,4-7,9-10,12-16,18,20-22,24,26-39,41,43-45,47-48,50-60H2,1-3H3/b11-8-,19-17-,25-23-,42-40-,49-46-. The van der Waals surface area contributed by atoms with Crippen LogP contribution in [-0.4, -0.2) is 37.2 Å². The maximum absolute atomic E-state index is 12.8. The molecule has 6 nitrogen and oxygen atoms in total. The van der Waals surface area contributed by atoms with Crippen LogP contribution in [0.3, 0.4) is 0 Å². The minimum atomic E-state index is -0.799. The van der Waals surface area contributed by atoms with E-state index in [1.807, 2.05) is 0 Å². The molecule has 406 valence electrons. The third kappa shape index (κ3) is 56.0. The summed E-state index contributed by atoms with van der Waals surface area (Å²) in [7, 11) is 0. The van der Waals surface area contributed by atoms with Crippen LogP contribution in [0.4, 0.5) is 0 Å². The fourth-order valence-electron chi connectivity index (χ4n) is 8.78.